The number of hydrogen-bond donors (Lipinski definition) is 2. The molecule has 0 fully saturated rings. The van der Waals surface area contributed by atoms with Crippen molar-refractivity contribution in [1.29, 1.82) is 0 Å². The highest BCUT2D eigenvalue weighted by Crippen LogP contribution is 2.30. The van der Waals surface area contributed by atoms with Crippen LogP contribution in [0.1, 0.15) is 55.2 Å². The number of carbonyl (C=O) groups is 2. The van der Waals surface area contributed by atoms with Gasteiger partial charge in [-0.3, -0.25) is 4.79 Å². The number of urea groups is 1. The fourth-order valence-corrected chi connectivity index (χ4v) is 3.97. The van der Waals surface area contributed by atoms with Crippen LogP contribution in [0.2, 0.25) is 0 Å². The molecule has 2 N–H and O–H groups in total. The minimum absolute atomic E-state index is 0.208. The van der Waals surface area contributed by atoms with Crippen molar-refractivity contribution in [1.82, 2.24) is 10.2 Å². The van der Waals surface area contributed by atoms with E-state index in [0.29, 0.717) is 11.3 Å². The Balaban J connectivity index is 1.99. The summed E-state index contributed by atoms with van der Waals surface area (Å²) in [6, 6.07) is 20.5. The molecule has 0 aliphatic carbocycles. The fraction of sp³-hybridized carbons (Fsp3) is 0.310. The molecule has 0 spiro atoms. The second-order valence-electron chi connectivity index (χ2n) is 10.1. The molecule has 3 aromatic rings. The maximum absolute atomic E-state index is 13.7. The minimum atomic E-state index is -0.392. The first-order valence-electron chi connectivity index (χ1n) is 12.0. The first kappa shape index (κ1) is 26.7. The molecule has 3 rings (SSSR count). The molecule has 1 unspecified atom stereocenters. The van der Waals surface area contributed by atoms with Gasteiger partial charge in [0.1, 0.15) is 5.82 Å². The van der Waals surface area contributed by atoms with E-state index in [2.05, 4.69) is 10.6 Å². The quantitative estimate of drug-likeness (QED) is 0.414. The third-order valence-electron chi connectivity index (χ3n) is 5.75. The SMILES string of the molecule is CC(c1ccccc1)N(Cc1cc(NC(=O)NC(C)(C)C)ccc1N(C)C)C(=O)c1ccc(F)cc1. The molecule has 3 amide bonds. The summed E-state index contributed by atoms with van der Waals surface area (Å²) >= 11 is 0. The average Bonchev–Trinajstić information content (AvgIpc) is 2.81. The summed E-state index contributed by atoms with van der Waals surface area (Å²) in [5.41, 5.74) is 3.43. The van der Waals surface area contributed by atoms with Crippen LogP contribution in [0.3, 0.4) is 0 Å². The van der Waals surface area contributed by atoms with Gasteiger partial charge in [-0.15, -0.1) is 0 Å². The van der Waals surface area contributed by atoms with Gasteiger partial charge >= 0.3 is 6.03 Å². The van der Waals surface area contributed by atoms with Crippen LogP contribution in [-0.2, 0) is 6.54 Å². The summed E-state index contributed by atoms with van der Waals surface area (Å²) in [6.07, 6.45) is 0. The maximum Gasteiger partial charge on any atom is 0.319 e. The predicted octanol–water partition coefficient (Wildman–Crippen LogP) is 6.22. The van der Waals surface area contributed by atoms with Gasteiger partial charge in [-0.05, 0) is 81.3 Å². The van der Waals surface area contributed by atoms with E-state index in [1.165, 1.54) is 24.3 Å². The fourth-order valence-electron chi connectivity index (χ4n) is 3.97. The molecule has 6 nitrogen and oxygen atoms in total. The summed E-state index contributed by atoms with van der Waals surface area (Å²) in [7, 11) is 3.87. The Bertz CT molecular complexity index is 1190. The van der Waals surface area contributed by atoms with Gasteiger partial charge in [-0.2, -0.15) is 0 Å². The van der Waals surface area contributed by atoms with Crippen molar-refractivity contribution < 1.29 is 14.0 Å². The summed E-state index contributed by atoms with van der Waals surface area (Å²) in [4.78, 5) is 29.9. The third-order valence-corrected chi connectivity index (χ3v) is 5.75. The largest absolute Gasteiger partial charge is 0.377 e. The van der Waals surface area contributed by atoms with Gasteiger partial charge in [0.25, 0.3) is 5.91 Å². The van der Waals surface area contributed by atoms with E-state index in [1.54, 1.807) is 4.90 Å². The molecule has 0 saturated heterocycles. The Hall–Kier alpha value is -3.87. The first-order chi connectivity index (χ1) is 16.9. The van der Waals surface area contributed by atoms with Crippen LogP contribution in [-0.4, -0.2) is 36.5 Å². The normalized spacial score (nSPS) is 12.0. The zero-order valence-electron chi connectivity index (χ0n) is 21.8. The molecular weight excluding hydrogens is 455 g/mol. The van der Waals surface area contributed by atoms with Crippen molar-refractivity contribution in [3.8, 4) is 0 Å². The molecule has 0 aliphatic rings. The number of nitrogens with zero attached hydrogens (tertiary/aromatic N) is 2. The molecular formula is C29H35FN4O2. The topological polar surface area (TPSA) is 64.7 Å². The lowest BCUT2D eigenvalue weighted by Gasteiger charge is -2.32. The number of rotatable bonds is 7. The van der Waals surface area contributed by atoms with Crippen LogP contribution in [0, 0.1) is 5.82 Å². The zero-order chi connectivity index (χ0) is 26.5. The van der Waals surface area contributed by atoms with Crippen LogP contribution in [0.5, 0.6) is 0 Å². The molecule has 0 bridgehead atoms. The lowest BCUT2D eigenvalue weighted by Crippen LogP contribution is -2.43. The summed E-state index contributed by atoms with van der Waals surface area (Å²) in [5.74, 6) is -0.601. The molecule has 0 radical (unpaired) electrons. The second-order valence-corrected chi connectivity index (χ2v) is 10.1. The molecule has 190 valence electrons. The Morgan fingerprint density at radius 1 is 0.944 bits per heavy atom. The monoisotopic (exact) mass is 490 g/mol. The van der Waals surface area contributed by atoms with Crippen molar-refractivity contribution in [3.05, 3.63) is 95.3 Å². The van der Waals surface area contributed by atoms with E-state index in [0.717, 1.165) is 16.8 Å². The Labute approximate surface area is 213 Å². The van der Waals surface area contributed by atoms with Gasteiger partial charge in [-0.25, -0.2) is 9.18 Å². The Kier molecular flexibility index (Phi) is 8.35. The van der Waals surface area contributed by atoms with Crippen LogP contribution >= 0.6 is 0 Å². The lowest BCUT2D eigenvalue weighted by molar-refractivity contribution is 0.0674. The van der Waals surface area contributed by atoms with Crippen molar-refractivity contribution in [2.75, 3.05) is 24.3 Å². The molecule has 0 saturated carbocycles. The lowest BCUT2D eigenvalue weighted by atomic mass is 10.0. The van der Waals surface area contributed by atoms with Gasteiger partial charge in [0.15, 0.2) is 0 Å². The van der Waals surface area contributed by atoms with E-state index in [-0.39, 0.29) is 30.1 Å². The summed E-state index contributed by atoms with van der Waals surface area (Å²) < 4.78 is 13.5. The van der Waals surface area contributed by atoms with E-state index in [4.69, 9.17) is 0 Å². The molecule has 0 aromatic heterocycles. The highest BCUT2D eigenvalue weighted by Gasteiger charge is 2.25. The van der Waals surface area contributed by atoms with Gasteiger partial charge in [0.2, 0.25) is 0 Å². The van der Waals surface area contributed by atoms with Gasteiger partial charge in [0, 0.05) is 43.1 Å². The molecule has 1 atom stereocenters. The highest BCUT2D eigenvalue weighted by atomic mass is 19.1. The third kappa shape index (κ3) is 7.07. The van der Waals surface area contributed by atoms with E-state index in [1.807, 2.05) is 95.2 Å². The van der Waals surface area contributed by atoms with Crippen molar-refractivity contribution >= 4 is 23.3 Å². The Morgan fingerprint density at radius 2 is 1.58 bits per heavy atom. The predicted molar refractivity (Wildman–Crippen MR) is 144 cm³/mol. The van der Waals surface area contributed by atoms with Crippen molar-refractivity contribution in [3.63, 3.8) is 0 Å². The maximum atomic E-state index is 13.7. The van der Waals surface area contributed by atoms with Crippen molar-refractivity contribution in [2.45, 2.75) is 45.8 Å². The van der Waals surface area contributed by atoms with Crippen LogP contribution < -0.4 is 15.5 Å². The average molecular weight is 491 g/mol. The molecule has 36 heavy (non-hydrogen) atoms. The van der Waals surface area contributed by atoms with Gasteiger partial charge in [0.05, 0.1) is 6.04 Å². The van der Waals surface area contributed by atoms with Crippen molar-refractivity contribution in [2.24, 2.45) is 0 Å². The number of anilines is 2. The van der Waals surface area contributed by atoms with Gasteiger partial charge in [-0.1, -0.05) is 30.3 Å². The summed E-state index contributed by atoms with van der Waals surface area (Å²) in [6.45, 7) is 8.01. The minimum Gasteiger partial charge on any atom is -0.377 e. The van der Waals surface area contributed by atoms with Crippen LogP contribution in [0.4, 0.5) is 20.6 Å². The number of benzene rings is 3. The second kappa shape index (κ2) is 11.2. The van der Waals surface area contributed by atoms with E-state index < -0.39 is 5.82 Å². The van der Waals surface area contributed by atoms with E-state index >= 15 is 0 Å². The first-order valence-corrected chi connectivity index (χ1v) is 12.0. The number of nitrogens with one attached hydrogen (secondary N) is 2. The molecule has 0 heterocycles. The standard InChI is InChI=1S/C29H35FN4O2/c1-20(21-10-8-7-9-11-21)34(27(35)22-12-14-24(30)15-13-22)19-23-18-25(16-17-26(23)33(5)6)31-28(36)32-29(2,3)4/h7-18,20H,19H2,1-6H3,(H2,31,32,36). The molecule has 0 aliphatic heterocycles. The van der Waals surface area contributed by atoms with Crippen LogP contribution in [0.15, 0.2) is 72.8 Å². The highest BCUT2D eigenvalue weighted by molar-refractivity contribution is 5.94. The smallest absolute Gasteiger partial charge is 0.319 e. The number of carbonyl (C=O) groups excluding carboxylic acids is 2. The van der Waals surface area contributed by atoms with Crippen LogP contribution in [0.25, 0.3) is 0 Å². The summed E-state index contributed by atoms with van der Waals surface area (Å²) in [5, 5.41) is 5.79. The molecule has 7 heteroatoms. The molecule has 3 aromatic carbocycles. The number of halogens is 1. The number of hydrogen-bond acceptors (Lipinski definition) is 3. The zero-order valence-corrected chi connectivity index (χ0v) is 21.8. The number of amides is 3. The van der Waals surface area contributed by atoms with Gasteiger partial charge < -0.3 is 20.4 Å². The Morgan fingerprint density at radius 3 is 2.17 bits per heavy atom. The van der Waals surface area contributed by atoms with E-state index in [9.17, 15) is 14.0 Å².